The summed E-state index contributed by atoms with van der Waals surface area (Å²) in [4.78, 5) is 12.5. The van der Waals surface area contributed by atoms with Gasteiger partial charge in [-0.05, 0) is 49.9 Å². The summed E-state index contributed by atoms with van der Waals surface area (Å²) in [7, 11) is -3.46. The molecule has 0 bridgehead atoms. The van der Waals surface area contributed by atoms with Gasteiger partial charge in [0.15, 0.2) is 0 Å². The smallest absolute Gasteiger partial charge is 0.309 e. The van der Waals surface area contributed by atoms with Crippen molar-refractivity contribution < 1.29 is 17.6 Å². The van der Waals surface area contributed by atoms with Gasteiger partial charge in [-0.2, -0.15) is 4.31 Å². The number of nitrogens with one attached hydrogen (secondary N) is 1. The minimum atomic E-state index is -3.46. The lowest BCUT2D eigenvalue weighted by Crippen LogP contribution is -2.36. The molecule has 1 aliphatic carbocycles. The summed E-state index contributed by atoms with van der Waals surface area (Å²) in [5, 5.41) is 10.7. The lowest BCUT2D eigenvalue weighted by Gasteiger charge is -2.21. The van der Waals surface area contributed by atoms with E-state index in [4.69, 9.17) is 4.42 Å². The summed E-state index contributed by atoms with van der Waals surface area (Å²) in [6.07, 6.45) is 7.18. The molecule has 1 saturated carbocycles. The van der Waals surface area contributed by atoms with Crippen molar-refractivity contribution in [2.45, 2.75) is 55.9 Å². The van der Waals surface area contributed by atoms with Gasteiger partial charge in [-0.25, -0.2) is 8.42 Å². The van der Waals surface area contributed by atoms with Gasteiger partial charge in [0, 0.05) is 24.7 Å². The molecule has 2 aliphatic rings. The third-order valence-electron chi connectivity index (χ3n) is 5.36. The number of carbonyl (C=O) groups excluding carboxylic acids is 1. The van der Waals surface area contributed by atoms with Crippen molar-refractivity contribution in [3.8, 4) is 11.5 Å². The number of hydrogen-bond donors (Lipinski definition) is 1. The van der Waals surface area contributed by atoms with Crippen LogP contribution in [0.2, 0.25) is 0 Å². The number of aromatic nitrogens is 2. The highest BCUT2D eigenvalue weighted by Crippen LogP contribution is 2.24. The van der Waals surface area contributed by atoms with E-state index < -0.39 is 10.0 Å². The Morgan fingerprint density at radius 1 is 1.00 bits per heavy atom. The third kappa shape index (κ3) is 3.95. The van der Waals surface area contributed by atoms with E-state index in [0.29, 0.717) is 18.7 Å². The third-order valence-corrected chi connectivity index (χ3v) is 7.28. The lowest BCUT2D eigenvalue weighted by molar-refractivity contribution is 0.0893. The molecule has 1 saturated heterocycles. The van der Waals surface area contributed by atoms with Gasteiger partial charge in [0.2, 0.25) is 15.9 Å². The van der Waals surface area contributed by atoms with Crippen molar-refractivity contribution in [3.05, 3.63) is 30.2 Å². The molecule has 9 heteroatoms. The average molecular weight is 404 g/mol. The Bertz CT molecular complexity index is 927. The molecule has 0 unspecified atom stereocenters. The Hall–Kier alpha value is -2.26. The van der Waals surface area contributed by atoms with Crippen molar-refractivity contribution >= 4 is 15.9 Å². The Morgan fingerprint density at radius 2 is 1.68 bits per heavy atom. The molecule has 1 aromatic heterocycles. The number of benzene rings is 1. The Labute approximate surface area is 164 Å². The fourth-order valence-electron chi connectivity index (χ4n) is 3.77. The van der Waals surface area contributed by atoms with Crippen LogP contribution in [0.5, 0.6) is 0 Å². The van der Waals surface area contributed by atoms with E-state index in [1.54, 1.807) is 12.1 Å². The van der Waals surface area contributed by atoms with E-state index >= 15 is 0 Å². The summed E-state index contributed by atoms with van der Waals surface area (Å²) in [6.45, 7) is 1.13. The van der Waals surface area contributed by atoms with E-state index in [1.165, 1.54) is 22.9 Å². The normalized spacial score (nSPS) is 19.0. The maximum atomic E-state index is 12.6. The van der Waals surface area contributed by atoms with E-state index in [0.717, 1.165) is 38.5 Å². The molecule has 1 N–H and O–H groups in total. The first-order valence-electron chi connectivity index (χ1n) is 9.79. The van der Waals surface area contributed by atoms with Crippen LogP contribution < -0.4 is 5.32 Å². The first-order valence-corrected chi connectivity index (χ1v) is 11.2. The van der Waals surface area contributed by atoms with Crippen LogP contribution in [0.3, 0.4) is 0 Å². The van der Waals surface area contributed by atoms with E-state index in [2.05, 4.69) is 15.5 Å². The fraction of sp³-hybridized carbons (Fsp3) is 0.526. The molecule has 2 fully saturated rings. The maximum absolute atomic E-state index is 12.6. The highest BCUT2D eigenvalue weighted by molar-refractivity contribution is 7.89. The first-order chi connectivity index (χ1) is 13.5. The van der Waals surface area contributed by atoms with Crippen molar-refractivity contribution in [2.75, 3.05) is 13.1 Å². The molecule has 150 valence electrons. The first kappa shape index (κ1) is 19.1. The summed E-state index contributed by atoms with van der Waals surface area (Å²) < 4.78 is 32.2. The van der Waals surface area contributed by atoms with Crippen LogP contribution in [0.1, 0.15) is 55.6 Å². The van der Waals surface area contributed by atoms with Gasteiger partial charge >= 0.3 is 11.8 Å². The molecule has 8 nitrogen and oxygen atoms in total. The monoisotopic (exact) mass is 404 g/mol. The molecule has 0 atom stereocenters. The van der Waals surface area contributed by atoms with Gasteiger partial charge in [0.1, 0.15) is 0 Å². The molecular formula is C19H24N4O4S. The minimum absolute atomic E-state index is 0.0747. The second-order valence-corrected chi connectivity index (χ2v) is 9.29. The zero-order valence-electron chi connectivity index (χ0n) is 15.6. The molecule has 4 rings (SSSR count). The molecule has 0 radical (unpaired) electrons. The lowest BCUT2D eigenvalue weighted by atomic mass is 9.95. The number of sulfonamides is 1. The quantitative estimate of drug-likeness (QED) is 0.821. The molecule has 2 aromatic rings. The van der Waals surface area contributed by atoms with Gasteiger partial charge in [-0.1, -0.05) is 19.3 Å². The van der Waals surface area contributed by atoms with Crippen molar-refractivity contribution in [2.24, 2.45) is 0 Å². The summed E-state index contributed by atoms with van der Waals surface area (Å²) >= 11 is 0. The molecular weight excluding hydrogens is 380 g/mol. The second-order valence-electron chi connectivity index (χ2n) is 7.36. The van der Waals surface area contributed by atoms with Gasteiger partial charge in [0.25, 0.3) is 0 Å². The predicted molar refractivity (Wildman–Crippen MR) is 102 cm³/mol. The molecule has 2 heterocycles. The summed E-state index contributed by atoms with van der Waals surface area (Å²) in [5.41, 5.74) is 0.574. The Morgan fingerprint density at radius 3 is 2.36 bits per heavy atom. The average Bonchev–Trinajstić information content (AvgIpc) is 3.41. The van der Waals surface area contributed by atoms with Crippen molar-refractivity contribution in [3.63, 3.8) is 0 Å². The van der Waals surface area contributed by atoms with Crippen LogP contribution in [-0.2, 0) is 10.0 Å². The second kappa shape index (κ2) is 8.00. The van der Waals surface area contributed by atoms with Crippen LogP contribution in [0.15, 0.2) is 33.6 Å². The predicted octanol–water partition coefficient (Wildman–Crippen LogP) is 2.58. The number of amides is 1. The SMILES string of the molecule is O=C(NC1CCCCC1)c1nnc(-c2ccc(S(=O)(=O)N3CCCC3)cc2)o1. The van der Waals surface area contributed by atoms with Gasteiger partial charge in [0.05, 0.1) is 4.90 Å². The minimum Gasteiger partial charge on any atom is -0.412 e. The maximum Gasteiger partial charge on any atom is 0.309 e. The topological polar surface area (TPSA) is 105 Å². The number of nitrogens with zero attached hydrogens (tertiary/aromatic N) is 3. The van der Waals surface area contributed by atoms with E-state index in [-0.39, 0.29) is 28.6 Å². The number of hydrogen-bond acceptors (Lipinski definition) is 6. The van der Waals surface area contributed by atoms with E-state index in [1.807, 2.05) is 0 Å². The molecule has 1 amide bonds. The molecule has 1 aliphatic heterocycles. The summed E-state index contributed by atoms with van der Waals surface area (Å²) in [6, 6.07) is 6.48. The van der Waals surface area contributed by atoms with Crippen LogP contribution in [0, 0.1) is 0 Å². The van der Waals surface area contributed by atoms with Gasteiger partial charge < -0.3 is 9.73 Å². The number of rotatable bonds is 5. The van der Waals surface area contributed by atoms with Crippen LogP contribution in [-0.4, -0.2) is 48.0 Å². The van der Waals surface area contributed by atoms with Crippen molar-refractivity contribution in [1.82, 2.24) is 19.8 Å². The molecule has 28 heavy (non-hydrogen) atoms. The van der Waals surface area contributed by atoms with Crippen LogP contribution in [0.25, 0.3) is 11.5 Å². The zero-order valence-corrected chi connectivity index (χ0v) is 16.5. The van der Waals surface area contributed by atoms with Gasteiger partial charge in [-0.15, -0.1) is 10.2 Å². The highest BCUT2D eigenvalue weighted by atomic mass is 32.2. The van der Waals surface area contributed by atoms with Gasteiger partial charge in [-0.3, -0.25) is 4.79 Å². The highest BCUT2D eigenvalue weighted by Gasteiger charge is 2.27. The standard InChI is InChI=1S/C19H24N4O4S/c24-17(20-15-6-2-1-3-7-15)19-22-21-18(27-19)14-8-10-16(11-9-14)28(25,26)23-12-4-5-13-23/h8-11,15H,1-7,12-13H2,(H,20,24). The molecule has 1 aromatic carbocycles. The van der Waals surface area contributed by atoms with Crippen LogP contribution >= 0.6 is 0 Å². The van der Waals surface area contributed by atoms with Crippen LogP contribution in [0.4, 0.5) is 0 Å². The molecule has 0 spiro atoms. The largest absolute Gasteiger partial charge is 0.412 e. The van der Waals surface area contributed by atoms with E-state index in [9.17, 15) is 13.2 Å². The fourth-order valence-corrected chi connectivity index (χ4v) is 5.29. The Balaban J connectivity index is 1.45. The van der Waals surface area contributed by atoms with Crippen molar-refractivity contribution in [1.29, 1.82) is 0 Å². The summed E-state index contributed by atoms with van der Waals surface area (Å²) in [5.74, 6) is -0.243. The Kier molecular flexibility index (Phi) is 5.45. The zero-order chi connectivity index (χ0) is 19.6. The number of carbonyl (C=O) groups is 1.